The van der Waals surface area contributed by atoms with Crippen LogP contribution < -0.4 is 5.32 Å². The summed E-state index contributed by atoms with van der Waals surface area (Å²) in [6, 6.07) is 4.23. The zero-order chi connectivity index (χ0) is 13.9. The summed E-state index contributed by atoms with van der Waals surface area (Å²) in [5.74, 6) is -0.0438. The van der Waals surface area contributed by atoms with Gasteiger partial charge in [0.2, 0.25) is 0 Å². The van der Waals surface area contributed by atoms with Crippen molar-refractivity contribution < 1.29 is 9.18 Å². The average Bonchev–Trinajstić information content (AvgIpc) is 2.39. The van der Waals surface area contributed by atoms with E-state index in [4.69, 9.17) is 11.6 Å². The van der Waals surface area contributed by atoms with Crippen molar-refractivity contribution >= 4 is 17.5 Å². The molecule has 2 rings (SSSR count). The van der Waals surface area contributed by atoms with Gasteiger partial charge in [0.15, 0.2) is 0 Å². The molecule has 0 saturated heterocycles. The molecule has 1 fully saturated rings. The van der Waals surface area contributed by atoms with Gasteiger partial charge in [-0.05, 0) is 43.5 Å². The summed E-state index contributed by atoms with van der Waals surface area (Å²) in [5, 5.41) is 3.07. The van der Waals surface area contributed by atoms with Gasteiger partial charge in [0.05, 0.1) is 5.54 Å². The summed E-state index contributed by atoms with van der Waals surface area (Å²) < 4.78 is 13.1. The van der Waals surface area contributed by atoms with E-state index in [1.165, 1.54) is 24.6 Å². The second-order valence-electron chi connectivity index (χ2n) is 5.39. The Bertz CT molecular complexity index is 469. The number of carbonyl (C=O) groups excluding carboxylic acids is 1. The van der Waals surface area contributed by atoms with Crippen LogP contribution in [0.2, 0.25) is 0 Å². The fourth-order valence-electron chi connectivity index (χ4n) is 2.71. The van der Waals surface area contributed by atoms with Crippen molar-refractivity contribution in [2.75, 3.05) is 5.88 Å². The highest BCUT2D eigenvalue weighted by Crippen LogP contribution is 2.29. The first kappa shape index (κ1) is 14.3. The standard InChI is InChI=1S/C15H19ClFNO/c1-11-9-12(17)5-6-13(11)14(19)18-15(10-16)7-3-2-4-8-15/h5-6,9H,2-4,7-8,10H2,1H3,(H,18,19). The van der Waals surface area contributed by atoms with E-state index >= 15 is 0 Å². The van der Waals surface area contributed by atoms with Gasteiger partial charge >= 0.3 is 0 Å². The van der Waals surface area contributed by atoms with Crippen molar-refractivity contribution in [2.45, 2.75) is 44.6 Å². The lowest BCUT2D eigenvalue weighted by atomic mass is 9.83. The summed E-state index contributed by atoms with van der Waals surface area (Å²) in [4.78, 5) is 12.3. The van der Waals surface area contributed by atoms with Gasteiger partial charge in [-0.2, -0.15) is 0 Å². The lowest BCUT2D eigenvalue weighted by Crippen LogP contribution is -2.51. The topological polar surface area (TPSA) is 29.1 Å². The maximum Gasteiger partial charge on any atom is 0.252 e. The zero-order valence-corrected chi connectivity index (χ0v) is 11.9. The Morgan fingerprint density at radius 2 is 2.05 bits per heavy atom. The molecule has 1 aromatic rings. The van der Waals surface area contributed by atoms with Crippen LogP contribution in [-0.2, 0) is 0 Å². The third-order valence-corrected chi connectivity index (χ3v) is 4.39. The molecule has 19 heavy (non-hydrogen) atoms. The number of hydrogen-bond donors (Lipinski definition) is 1. The third-order valence-electron chi connectivity index (χ3n) is 3.88. The highest BCUT2D eigenvalue weighted by molar-refractivity contribution is 6.19. The van der Waals surface area contributed by atoms with Gasteiger partial charge in [0.1, 0.15) is 5.82 Å². The Balaban J connectivity index is 2.15. The SMILES string of the molecule is Cc1cc(F)ccc1C(=O)NC1(CCl)CCCCC1. The molecule has 0 atom stereocenters. The van der Waals surface area contributed by atoms with Crippen LogP contribution in [0.25, 0.3) is 0 Å². The predicted molar refractivity (Wildman–Crippen MR) is 75.1 cm³/mol. The number of benzene rings is 1. The van der Waals surface area contributed by atoms with E-state index in [-0.39, 0.29) is 17.3 Å². The van der Waals surface area contributed by atoms with Crippen molar-refractivity contribution in [3.63, 3.8) is 0 Å². The van der Waals surface area contributed by atoms with Crippen LogP contribution in [-0.4, -0.2) is 17.3 Å². The number of rotatable bonds is 3. The molecular formula is C15H19ClFNO. The largest absolute Gasteiger partial charge is 0.345 e. The molecule has 1 saturated carbocycles. The monoisotopic (exact) mass is 283 g/mol. The van der Waals surface area contributed by atoms with Crippen LogP contribution >= 0.6 is 11.6 Å². The van der Waals surface area contributed by atoms with Crippen LogP contribution in [0.3, 0.4) is 0 Å². The minimum absolute atomic E-state index is 0.153. The average molecular weight is 284 g/mol. The quantitative estimate of drug-likeness (QED) is 0.840. The van der Waals surface area contributed by atoms with E-state index < -0.39 is 0 Å². The molecule has 1 aliphatic carbocycles. The van der Waals surface area contributed by atoms with E-state index in [1.807, 2.05) is 0 Å². The second-order valence-corrected chi connectivity index (χ2v) is 5.66. The number of hydrogen-bond acceptors (Lipinski definition) is 1. The first-order chi connectivity index (χ1) is 9.06. The summed E-state index contributed by atoms with van der Waals surface area (Å²) in [6.07, 6.45) is 5.22. The summed E-state index contributed by atoms with van der Waals surface area (Å²) >= 11 is 6.06. The smallest absolute Gasteiger partial charge is 0.252 e. The molecule has 1 aromatic carbocycles. The van der Waals surface area contributed by atoms with Crippen molar-refractivity contribution in [3.8, 4) is 0 Å². The van der Waals surface area contributed by atoms with Gasteiger partial charge in [-0.1, -0.05) is 19.3 Å². The molecule has 0 radical (unpaired) electrons. The Kier molecular flexibility index (Phi) is 4.46. The fourth-order valence-corrected chi connectivity index (χ4v) is 3.04. The van der Waals surface area contributed by atoms with E-state index in [0.717, 1.165) is 25.7 Å². The van der Waals surface area contributed by atoms with Crippen molar-refractivity contribution in [1.29, 1.82) is 0 Å². The van der Waals surface area contributed by atoms with Gasteiger partial charge in [0, 0.05) is 11.4 Å². The maximum absolute atomic E-state index is 13.1. The highest BCUT2D eigenvalue weighted by Gasteiger charge is 2.33. The fraction of sp³-hybridized carbons (Fsp3) is 0.533. The molecule has 4 heteroatoms. The minimum atomic E-state index is -0.321. The Hall–Kier alpha value is -1.09. The molecule has 1 N–H and O–H groups in total. The Labute approximate surface area is 118 Å². The lowest BCUT2D eigenvalue weighted by Gasteiger charge is -2.36. The van der Waals surface area contributed by atoms with E-state index in [9.17, 15) is 9.18 Å². The molecule has 0 aliphatic heterocycles. The number of alkyl halides is 1. The van der Waals surface area contributed by atoms with E-state index in [0.29, 0.717) is 17.0 Å². The van der Waals surface area contributed by atoms with Crippen LogP contribution in [0.1, 0.15) is 48.0 Å². The number of amides is 1. The van der Waals surface area contributed by atoms with Gasteiger partial charge in [-0.15, -0.1) is 11.6 Å². The Morgan fingerprint density at radius 3 is 2.63 bits per heavy atom. The Morgan fingerprint density at radius 1 is 1.37 bits per heavy atom. The summed E-state index contributed by atoms with van der Waals surface area (Å²) in [6.45, 7) is 1.74. The number of aryl methyl sites for hydroxylation is 1. The predicted octanol–water partition coefficient (Wildman–Crippen LogP) is 3.81. The molecule has 0 unspecified atom stereocenters. The minimum Gasteiger partial charge on any atom is -0.345 e. The zero-order valence-electron chi connectivity index (χ0n) is 11.1. The van der Waals surface area contributed by atoms with Crippen LogP contribution in [0.15, 0.2) is 18.2 Å². The summed E-state index contributed by atoms with van der Waals surface area (Å²) in [5.41, 5.74) is 0.882. The van der Waals surface area contributed by atoms with Crippen LogP contribution in [0, 0.1) is 12.7 Å². The van der Waals surface area contributed by atoms with Gasteiger partial charge in [-0.25, -0.2) is 4.39 Å². The number of nitrogens with one attached hydrogen (secondary N) is 1. The second kappa shape index (κ2) is 5.91. The molecule has 2 nitrogen and oxygen atoms in total. The molecule has 0 bridgehead atoms. The molecule has 0 heterocycles. The normalized spacial score (nSPS) is 18.1. The van der Waals surface area contributed by atoms with Crippen molar-refractivity contribution in [1.82, 2.24) is 5.32 Å². The molecule has 1 aliphatic rings. The number of halogens is 2. The molecule has 104 valence electrons. The maximum atomic E-state index is 13.1. The van der Waals surface area contributed by atoms with E-state index in [1.54, 1.807) is 6.92 Å². The highest BCUT2D eigenvalue weighted by atomic mass is 35.5. The number of carbonyl (C=O) groups is 1. The lowest BCUT2D eigenvalue weighted by molar-refractivity contribution is 0.0884. The molecule has 0 spiro atoms. The molecular weight excluding hydrogens is 265 g/mol. The van der Waals surface area contributed by atoms with Crippen molar-refractivity contribution in [2.24, 2.45) is 0 Å². The van der Waals surface area contributed by atoms with Crippen molar-refractivity contribution in [3.05, 3.63) is 35.1 Å². The third kappa shape index (κ3) is 3.27. The summed E-state index contributed by atoms with van der Waals surface area (Å²) in [7, 11) is 0. The van der Waals surface area contributed by atoms with E-state index in [2.05, 4.69) is 5.32 Å². The first-order valence-corrected chi connectivity index (χ1v) is 7.24. The van der Waals surface area contributed by atoms with Crippen LogP contribution in [0.5, 0.6) is 0 Å². The molecule has 0 aromatic heterocycles. The van der Waals surface area contributed by atoms with Gasteiger partial charge in [0.25, 0.3) is 5.91 Å². The van der Waals surface area contributed by atoms with Crippen LogP contribution in [0.4, 0.5) is 4.39 Å². The first-order valence-electron chi connectivity index (χ1n) is 6.71. The van der Waals surface area contributed by atoms with Gasteiger partial charge < -0.3 is 5.32 Å². The molecule has 1 amide bonds. The van der Waals surface area contributed by atoms with Gasteiger partial charge in [-0.3, -0.25) is 4.79 Å².